The van der Waals surface area contributed by atoms with Gasteiger partial charge in [-0.2, -0.15) is 0 Å². The summed E-state index contributed by atoms with van der Waals surface area (Å²) in [7, 11) is -2.62. The lowest BCUT2D eigenvalue weighted by Gasteiger charge is -2.33. The zero-order chi connectivity index (χ0) is 27.5. The van der Waals surface area contributed by atoms with Gasteiger partial charge in [-0.1, -0.05) is 67.6 Å². The second-order valence-electron chi connectivity index (χ2n) is 8.59. The molecule has 0 aliphatic rings. The largest absolute Gasteiger partial charge is 0.492 e. The van der Waals surface area contributed by atoms with Gasteiger partial charge in [-0.25, -0.2) is 8.42 Å². The second kappa shape index (κ2) is 13.6. The number of anilines is 1. The Morgan fingerprint density at radius 1 is 0.895 bits per heavy atom. The Hall–Kier alpha value is -3.85. The first-order chi connectivity index (χ1) is 18.3. The highest BCUT2D eigenvalue weighted by Crippen LogP contribution is 2.32. The van der Waals surface area contributed by atoms with Crippen LogP contribution in [0, 0.1) is 0 Å². The third kappa shape index (κ3) is 6.92. The van der Waals surface area contributed by atoms with Gasteiger partial charge < -0.3 is 15.0 Å². The number of para-hydroxylation sites is 2. The number of rotatable bonds is 13. The highest BCUT2D eigenvalue weighted by Gasteiger charge is 2.34. The molecule has 0 saturated carbocycles. The lowest BCUT2D eigenvalue weighted by atomic mass is 10.1. The fourth-order valence-corrected chi connectivity index (χ4v) is 5.68. The maximum atomic E-state index is 13.9. The van der Waals surface area contributed by atoms with E-state index in [1.54, 1.807) is 49.4 Å². The Balaban J connectivity index is 2.04. The first kappa shape index (κ1) is 28.7. The van der Waals surface area contributed by atoms with Crippen molar-refractivity contribution in [3.05, 3.63) is 90.5 Å². The summed E-state index contributed by atoms with van der Waals surface area (Å²) < 4.78 is 34.5. The predicted molar refractivity (Wildman–Crippen MR) is 149 cm³/mol. The summed E-state index contributed by atoms with van der Waals surface area (Å²) in [5, 5.41) is 2.63. The van der Waals surface area contributed by atoms with Gasteiger partial charge in [-0.15, -0.1) is 0 Å². The van der Waals surface area contributed by atoms with Gasteiger partial charge >= 0.3 is 0 Å². The van der Waals surface area contributed by atoms with E-state index < -0.39 is 28.5 Å². The number of carbonyl (C=O) groups is 2. The second-order valence-corrected chi connectivity index (χ2v) is 10.4. The summed E-state index contributed by atoms with van der Waals surface area (Å²) in [5.74, 6) is -0.445. The molecule has 9 heteroatoms. The SMILES string of the molecule is CCOc1ccccc1N(CC(=O)N(CCc1ccccc1)[C@H](CC)C(=O)NC)S(=O)(=O)c1ccccc1. The normalized spacial score (nSPS) is 11.9. The zero-order valence-corrected chi connectivity index (χ0v) is 22.9. The molecule has 202 valence electrons. The molecule has 3 aromatic rings. The van der Waals surface area contributed by atoms with Crippen LogP contribution in [0.15, 0.2) is 89.8 Å². The Bertz CT molecular complexity index is 1300. The molecule has 38 heavy (non-hydrogen) atoms. The predicted octanol–water partition coefficient (Wildman–Crippen LogP) is 3.88. The van der Waals surface area contributed by atoms with E-state index in [1.807, 2.05) is 37.3 Å². The van der Waals surface area contributed by atoms with E-state index in [1.165, 1.54) is 24.1 Å². The molecular weight excluding hydrogens is 502 g/mol. The first-order valence-electron chi connectivity index (χ1n) is 12.7. The monoisotopic (exact) mass is 537 g/mol. The van der Waals surface area contributed by atoms with Crippen LogP contribution in [0.3, 0.4) is 0 Å². The summed E-state index contributed by atoms with van der Waals surface area (Å²) in [4.78, 5) is 28.2. The van der Waals surface area contributed by atoms with Crippen LogP contribution >= 0.6 is 0 Å². The summed E-state index contributed by atoms with van der Waals surface area (Å²) in [6.07, 6.45) is 0.891. The lowest BCUT2D eigenvalue weighted by Crippen LogP contribution is -2.52. The van der Waals surface area contributed by atoms with Gasteiger partial charge in [0, 0.05) is 13.6 Å². The van der Waals surface area contributed by atoms with Crippen molar-refractivity contribution in [3.8, 4) is 5.75 Å². The molecule has 0 spiro atoms. The van der Waals surface area contributed by atoms with Crippen LogP contribution in [0.2, 0.25) is 0 Å². The van der Waals surface area contributed by atoms with E-state index in [2.05, 4.69) is 5.32 Å². The fraction of sp³-hybridized carbons (Fsp3) is 0.310. The topological polar surface area (TPSA) is 96.0 Å². The van der Waals surface area contributed by atoms with Gasteiger partial charge in [0.1, 0.15) is 18.3 Å². The number of hydrogen-bond donors (Lipinski definition) is 1. The number of nitrogens with one attached hydrogen (secondary N) is 1. The molecule has 0 aliphatic carbocycles. The van der Waals surface area contributed by atoms with Crippen molar-refractivity contribution in [1.82, 2.24) is 10.2 Å². The number of benzene rings is 3. The Kier molecular flexibility index (Phi) is 10.3. The number of ether oxygens (including phenoxy) is 1. The molecule has 1 N–H and O–H groups in total. The van der Waals surface area contributed by atoms with Crippen LogP contribution < -0.4 is 14.4 Å². The Morgan fingerprint density at radius 3 is 2.11 bits per heavy atom. The van der Waals surface area contributed by atoms with Gasteiger partial charge in [0.25, 0.3) is 10.0 Å². The van der Waals surface area contributed by atoms with E-state index in [0.29, 0.717) is 25.2 Å². The van der Waals surface area contributed by atoms with E-state index in [0.717, 1.165) is 9.87 Å². The lowest BCUT2D eigenvalue weighted by molar-refractivity contribution is -0.139. The highest BCUT2D eigenvalue weighted by atomic mass is 32.2. The smallest absolute Gasteiger partial charge is 0.264 e. The number of carbonyl (C=O) groups excluding carboxylic acids is 2. The molecule has 0 saturated heterocycles. The Morgan fingerprint density at radius 2 is 1.50 bits per heavy atom. The minimum Gasteiger partial charge on any atom is -0.492 e. The third-order valence-corrected chi connectivity index (χ3v) is 7.93. The molecule has 3 rings (SSSR count). The molecule has 0 bridgehead atoms. The first-order valence-corrected chi connectivity index (χ1v) is 14.1. The summed E-state index contributed by atoms with van der Waals surface area (Å²) in [6, 6.07) is 23.6. The van der Waals surface area contributed by atoms with Gasteiger partial charge in [-0.3, -0.25) is 13.9 Å². The molecule has 8 nitrogen and oxygen atoms in total. The van der Waals surface area contributed by atoms with Crippen molar-refractivity contribution in [2.45, 2.75) is 37.6 Å². The maximum Gasteiger partial charge on any atom is 0.264 e. The number of amides is 2. The highest BCUT2D eigenvalue weighted by molar-refractivity contribution is 7.92. The molecule has 0 fully saturated rings. The average molecular weight is 538 g/mol. The molecule has 0 aliphatic heterocycles. The van der Waals surface area contributed by atoms with Crippen LogP contribution in [0.5, 0.6) is 5.75 Å². The van der Waals surface area contributed by atoms with E-state index in [-0.39, 0.29) is 23.0 Å². The fourth-order valence-electron chi connectivity index (χ4n) is 4.24. The van der Waals surface area contributed by atoms with Gasteiger partial charge in [0.2, 0.25) is 11.8 Å². The zero-order valence-electron chi connectivity index (χ0n) is 22.0. The van der Waals surface area contributed by atoms with E-state index >= 15 is 0 Å². The minimum absolute atomic E-state index is 0.0493. The summed E-state index contributed by atoms with van der Waals surface area (Å²) in [5.41, 5.74) is 1.26. The van der Waals surface area contributed by atoms with Gasteiger partial charge in [0.15, 0.2) is 0 Å². The van der Waals surface area contributed by atoms with Crippen molar-refractivity contribution < 1.29 is 22.7 Å². The quantitative estimate of drug-likeness (QED) is 0.357. The summed E-state index contributed by atoms with van der Waals surface area (Å²) in [6.45, 7) is 3.71. The van der Waals surface area contributed by atoms with Crippen molar-refractivity contribution in [3.63, 3.8) is 0 Å². The molecule has 0 heterocycles. The molecule has 0 aromatic heterocycles. The van der Waals surface area contributed by atoms with Crippen LogP contribution in [-0.2, 0) is 26.0 Å². The molecular formula is C29H35N3O5S. The van der Waals surface area contributed by atoms with Crippen LogP contribution in [0.25, 0.3) is 0 Å². The molecule has 1 atom stereocenters. The molecule has 2 amide bonds. The number of hydrogen-bond acceptors (Lipinski definition) is 5. The van der Waals surface area contributed by atoms with Crippen molar-refractivity contribution in [2.75, 3.05) is 31.0 Å². The minimum atomic E-state index is -4.14. The molecule has 0 radical (unpaired) electrons. The van der Waals surface area contributed by atoms with Crippen molar-refractivity contribution in [2.24, 2.45) is 0 Å². The summed E-state index contributed by atoms with van der Waals surface area (Å²) >= 11 is 0. The average Bonchev–Trinajstić information content (AvgIpc) is 2.95. The number of sulfonamides is 1. The standard InChI is InChI=1S/C29H35N3O5S/c1-4-25(29(34)30-3)31(21-20-23-14-8-6-9-15-23)28(33)22-32(26-18-12-13-19-27(26)37-5-2)38(35,36)24-16-10-7-11-17-24/h6-19,25H,4-5,20-22H2,1-3H3,(H,30,34)/t25-/m1/s1. The number of nitrogens with zero attached hydrogens (tertiary/aromatic N) is 2. The van der Waals surface area contributed by atoms with Gasteiger partial charge in [0.05, 0.1) is 17.2 Å². The van der Waals surface area contributed by atoms with Crippen LogP contribution in [0.4, 0.5) is 5.69 Å². The van der Waals surface area contributed by atoms with Crippen molar-refractivity contribution in [1.29, 1.82) is 0 Å². The number of likely N-dealkylation sites (N-methyl/N-ethyl adjacent to an activating group) is 1. The molecule has 0 unspecified atom stereocenters. The van der Waals surface area contributed by atoms with Crippen molar-refractivity contribution >= 4 is 27.5 Å². The van der Waals surface area contributed by atoms with Crippen LogP contribution in [0.1, 0.15) is 25.8 Å². The van der Waals surface area contributed by atoms with Gasteiger partial charge in [-0.05, 0) is 49.6 Å². The maximum absolute atomic E-state index is 13.9. The Labute approximate surface area is 225 Å². The van der Waals surface area contributed by atoms with Crippen LogP contribution in [-0.4, -0.2) is 57.9 Å². The van der Waals surface area contributed by atoms with E-state index in [4.69, 9.17) is 4.74 Å². The third-order valence-electron chi connectivity index (χ3n) is 6.16. The molecule has 3 aromatic carbocycles. The van der Waals surface area contributed by atoms with E-state index in [9.17, 15) is 18.0 Å².